The zero-order chi connectivity index (χ0) is 16.2. The molecule has 0 fully saturated rings. The van der Waals surface area contributed by atoms with E-state index in [1.54, 1.807) is 24.3 Å². The molecule has 0 bridgehead atoms. The second kappa shape index (κ2) is 6.79. The lowest BCUT2D eigenvalue weighted by Gasteiger charge is -2.19. The highest BCUT2D eigenvalue weighted by molar-refractivity contribution is 7.98. The Balaban J connectivity index is 2.25. The lowest BCUT2D eigenvalue weighted by Crippen LogP contribution is -2.33. The van der Waals surface area contributed by atoms with Crippen LogP contribution < -0.4 is 0 Å². The average molecular weight is 340 g/mol. The molecule has 1 heterocycles. The number of hydrogen-bond acceptors (Lipinski definition) is 4. The molecule has 0 aromatic heterocycles. The predicted molar refractivity (Wildman–Crippen MR) is 87.9 cm³/mol. The summed E-state index contributed by atoms with van der Waals surface area (Å²) in [6.45, 7) is 3.63. The van der Waals surface area contributed by atoms with E-state index >= 15 is 0 Å². The molecule has 1 aromatic carbocycles. The Morgan fingerprint density at radius 3 is 2.45 bits per heavy atom. The predicted octanol–water partition coefficient (Wildman–Crippen LogP) is 2.89. The van der Waals surface area contributed by atoms with Gasteiger partial charge in [-0.25, -0.2) is 16.8 Å². The van der Waals surface area contributed by atoms with E-state index in [1.165, 1.54) is 18.2 Å². The Morgan fingerprint density at radius 2 is 1.82 bits per heavy atom. The van der Waals surface area contributed by atoms with Gasteiger partial charge < -0.3 is 0 Å². The number of rotatable bonds is 7. The quantitative estimate of drug-likeness (QED) is 0.565. The van der Waals surface area contributed by atoms with E-state index < -0.39 is 30.2 Å². The fourth-order valence-corrected chi connectivity index (χ4v) is 6.86. The third kappa shape index (κ3) is 3.50. The second-order valence-electron chi connectivity index (χ2n) is 5.35. The lowest BCUT2D eigenvalue weighted by molar-refractivity contribution is 0.556. The van der Waals surface area contributed by atoms with Gasteiger partial charge in [0.2, 0.25) is 0 Å². The monoisotopic (exact) mass is 340 g/mol. The Bertz CT molecular complexity index is 747. The van der Waals surface area contributed by atoms with Crippen molar-refractivity contribution in [2.45, 2.75) is 41.1 Å². The van der Waals surface area contributed by atoms with E-state index in [0.717, 1.165) is 18.2 Å². The standard InChI is InChI=1S/C16H20O4S2/c1-2-3-4-8-11-15-16(12-13-21(15,17)18)22(19,20)14-9-6-5-7-10-14/h2,5-7,9-10,12-13,15-16H,1,3-4,8,11H2. The number of hydrogen-bond donors (Lipinski definition) is 0. The maximum Gasteiger partial charge on any atom is 0.186 e. The Hall–Kier alpha value is -1.40. The highest BCUT2D eigenvalue weighted by Gasteiger charge is 2.43. The molecule has 0 N–H and O–H groups in total. The molecule has 2 atom stereocenters. The van der Waals surface area contributed by atoms with Gasteiger partial charge in [0, 0.05) is 5.41 Å². The van der Waals surface area contributed by atoms with Crippen LogP contribution in [0.25, 0.3) is 0 Å². The minimum absolute atomic E-state index is 0.165. The highest BCUT2D eigenvalue weighted by atomic mass is 32.2. The zero-order valence-electron chi connectivity index (χ0n) is 12.3. The van der Waals surface area contributed by atoms with Crippen LogP contribution in [0.1, 0.15) is 25.7 Å². The zero-order valence-corrected chi connectivity index (χ0v) is 13.9. The summed E-state index contributed by atoms with van der Waals surface area (Å²) in [7, 11) is -7.19. The highest BCUT2D eigenvalue weighted by Crippen LogP contribution is 2.31. The minimum atomic E-state index is -3.69. The summed E-state index contributed by atoms with van der Waals surface area (Å²) < 4.78 is 49.7. The first-order chi connectivity index (χ1) is 10.4. The van der Waals surface area contributed by atoms with E-state index in [1.807, 2.05) is 0 Å². The van der Waals surface area contributed by atoms with Crippen LogP contribution in [0.4, 0.5) is 0 Å². The molecule has 0 amide bonds. The van der Waals surface area contributed by atoms with E-state index in [9.17, 15) is 16.8 Å². The first-order valence-electron chi connectivity index (χ1n) is 7.21. The minimum Gasteiger partial charge on any atom is -0.224 e. The molecule has 0 saturated heterocycles. The van der Waals surface area contributed by atoms with E-state index in [0.29, 0.717) is 12.8 Å². The van der Waals surface area contributed by atoms with Gasteiger partial charge in [-0.2, -0.15) is 0 Å². The van der Waals surface area contributed by atoms with Crippen molar-refractivity contribution in [3.05, 3.63) is 54.5 Å². The van der Waals surface area contributed by atoms with Crippen molar-refractivity contribution < 1.29 is 16.8 Å². The summed E-state index contributed by atoms with van der Waals surface area (Å²) >= 11 is 0. The van der Waals surface area contributed by atoms with Crippen molar-refractivity contribution in [1.29, 1.82) is 0 Å². The number of benzene rings is 1. The topological polar surface area (TPSA) is 68.3 Å². The maximum absolute atomic E-state index is 12.7. The fraction of sp³-hybridized carbons (Fsp3) is 0.375. The van der Waals surface area contributed by atoms with Gasteiger partial charge in [-0.15, -0.1) is 6.58 Å². The first-order valence-corrected chi connectivity index (χ1v) is 10.4. The van der Waals surface area contributed by atoms with E-state index in [4.69, 9.17) is 0 Å². The van der Waals surface area contributed by atoms with Crippen LogP contribution in [0.15, 0.2) is 59.4 Å². The van der Waals surface area contributed by atoms with Crippen LogP contribution in [-0.4, -0.2) is 27.3 Å². The molecule has 2 unspecified atom stereocenters. The molecule has 1 aromatic rings. The second-order valence-corrected chi connectivity index (χ2v) is 9.51. The van der Waals surface area contributed by atoms with Crippen LogP contribution in [0.2, 0.25) is 0 Å². The van der Waals surface area contributed by atoms with Crippen LogP contribution >= 0.6 is 0 Å². The lowest BCUT2D eigenvalue weighted by atomic mass is 10.1. The van der Waals surface area contributed by atoms with Crippen LogP contribution in [0.3, 0.4) is 0 Å². The number of unbranched alkanes of at least 4 members (excludes halogenated alkanes) is 2. The van der Waals surface area contributed by atoms with E-state index in [-0.39, 0.29) is 4.90 Å². The molecular weight excluding hydrogens is 320 g/mol. The van der Waals surface area contributed by atoms with Gasteiger partial charge >= 0.3 is 0 Å². The molecule has 0 radical (unpaired) electrons. The van der Waals surface area contributed by atoms with Gasteiger partial charge in [0.15, 0.2) is 19.7 Å². The Morgan fingerprint density at radius 1 is 1.14 bits per heavy atom. The molecule has 1 aliphatic heterocycles. The molecular formula is C16H20O4S2. The molecule has 4 nitrogen and oxygen atoms in total. The number of sulfone groups is 2. The molecule has 0 saturated carbocycles. The first kappa shape index (κ1) is 17.0. The Kier molecular flexibility index (Phi) is 5.24. The summed E-state index contributed by atoms with van der Waals surface area (Å²) in [5.41, 5.74) is 0. The van der Waals surface area contributed by atoms with Gasteiger partial charge in [-0.05, 0) is 31.4 Å². The molecule has 6 heteroatoms. The fourth-order valence-electron chi connectivity index (χ4n) is 2.63. The molecule has 120 valence electrons. The summed E-state index contributed by atoms with van der Waals surface area (Å²) in [4.78, 5) is 0.165. The van der Waals surface area contributed by atoms with Gasteiger partial charge in [0.25, 0.3) is 0 Å². The molecule has 1 aliphatic rings. The average Bonchev–Trinajstić information content (AvgIpc) is 2.80. The van der Waals surface area contributed by atoms with Crippen molar-refractivity contribution in [3.8, 4) is 0 Å². The SMILES string of the molecule is C=CCCCCC1C(S(=O)(=O)c2ccccc2)C=CS1(=O)=O. The van der Waals surface area contributed by atoms with Crippen LogP contribution in [0, 0.1) is 0 Å². The van der Waals surface area contributed by atoms with Crippen molar-refractivity contribution in [2.75, 3.05) is 0 Å². The number of allylic oxidation sites excluding steroid dienone is 1. The van der Waals surface area contributed by atoms with Gasteiger partial charge in [0.1, 0.15) is 5.25 Å². The third-order valence-electron chi connectivity index (χ3n) is 3.82. The maximum atomic E-state index is 12.7. The summed E-state index contributed by atoms with van der Waals surface area (Å²) in [5.74, 6) is 0. The van der Waals surface area contributed by atoms with Crippen molar-refractivity contribution in [1.82, 2.24) is 0 Å². The van der Waals surface area contributed by atoms with Crippen LogP contribution in [-0.2, 0) is 19.7 Å². The van der Waals surface area contributed by atoms with Gasteiger partial charge in [0.05, 0.1) is 10.1 Å². The normalized spacial score (nSPS) is 23.5. The van der Waals surface area contributed by atoms with Crippen molar-refractivity contribution in [2.24, 2.45) is 0 Å². The summed E-state index contributed by atoms with van der Waals surface area (Å²) in [6, 6.07) is 8.01. The van der Waals surface area contributed by atoms with E-state index in [2.05, 4.69) is 6.58 Å². The van der Waals surface area contributed by atoms with Crippen molar-refractivity contribution in [3.63, 3.8) is 0 Å². The third-order valence-corrected chi connectivity index (χ3v) is 8.04. The van der Waals surface area contributed by atoms with Crippen LogP contribution in [0.5, 0.6) is 0 Å². The molecule has 22 heavy (non-hydrogen) atoms. The smallest absolute Gasteiger partial charge is 0.186 e. The Labute approximate surface area is 132 Å². The van der Waals surface area contributed by atoms with Crippen molar-refractivity contribution >= 4 is 19.7 Å². The summed E-state index contributed by atoms with van der Waals surface area (Å²) in [5, 5.41) is -0.831. The molecule has 0 aliphatic carbocycles. The van der Waals surface area contributed by atoms with Gasteiger partial charge in [-0.3, -0.25) is 0 Å². The molecule has 0 spiro atoms. The summed E-state index contributed by atoms with van der Waals surface area (Å²) in [6.07, 6.45) is 5.72. The van der Waals surface area contributed by atoms with Gasteiger partial charge in [-0.1, -0.05) is 36.8 Å². The molecule has 2 rings (SSSR count). The largest absolute Gasteiger partial charge is 0.224 e.